The Morgan fingerprint density at radius 3 is 2.12 bits per heavy atom. The Labute approximate surface area is 149 Å². The number of carbonyl (C=O) groups excluding carboxylic acids is 1. The highest BCUT2D eigenvalue weighted by atomic mass is 32.2. The van der Waals surface area contributed by atoms with Crippen LogP contribution < -0.4 is 9.62 Å². The summed E-state index contributed by atoms with van der Waals surface area (Å²) in [7, 11) is -3.62. The molecule has 1 amide bonds. The number of hydrogen-bond acceptors (Lipinski definition) is 3. The molecule has 134 valence electrons. The van der Waals surface area contributed by atoms with E-state index in [-0.39, 0.29) is 5.91 Å². The molecular formula is C19H24N2O3S. The fraction of sp³-hybridized carbons (Fsp3) is 0.316. The van der Waals surface area contributed by atoms with Gasteiger partial charge < -0.3 is 5.32 Å². The highest BCUT2D eigenvalue weighted by molar-refractivity contribution is 7.92. The van der Waals surface area contributed by atoms with Crippen molar-refractivity contribution in [3.05, 3.63) is 59.2 Å². The predicted octanol–water partition coefficient (Wildman–Crippen LogP) is 3.41. The number of carbonyl (C=O) groups is 1. The first-order valence-electron chi connectivity index (χ1n) is 8.04. The monoisotopic (exact) mass is 360 g/mol. The van der Waals surface area contributed by atoms with E-state index in [2.05, 4.69) is 5.32 Å². The second kappa shape index (κ2) is 7.27. The Morgan fingerprint density at radius 2 is 1.60 bits per heavy atom. The zero-order valence-corrected chi connectivity index (χ0v) is 16.0. The lowest BCUT2D eigenvalue weighted by atomic mass is 10.1. The molecule has 6 heteroatoms. The zero-order valence-electron chi connectivity index (χ0n) is 15.2. The molecule has 0 unspecified atom stereocenters. The van der Waals surface area contributed by atoms with Gasteiger partial charge in [0, 0.05) is 5.69 Å². The van der Waals surface area contributed by atoms with Crippen molar-refractivity contribution in [2.75, 3.05) is 15.9 Å². The van der Waals surface area contributed by atoms with E-state index < -0.39 is 16.1 Å². The van der Waals surface area contributed by atoms with Gasteiger partial charge in [-0.15, -0.1) is 0 Å². The van der Waals surface area contributed by atoms with Crippen LogP contribution in [-0.2, 0) is 14.8 Å². The maximum atomic E-state index is 12.7. The molecule has 0 aromatic heterocycles. The Hall–Kier alpha value is -2.34. The molecule has 2 aromatic carbocycles. The number of para-hydroxylation sites is 1. The molecule has 0 saturated carbocycles. The third kappa shape index (κ3) is 4.39. The molecule has 2 aromatic rings. The molecule has 0 aliphatic carbocycles. The molecule has 25 heavy (non-hydrogen) atoms. The molecule has 0 saturated heterocycles. The number of amides is 1. The van der Waals surface area contributed by atoms with Gasteiger partial charge in [0.05, 0.1) is 11.9 Å². The van der Waals surface area contributed by atoms with Gasteiger partial charge in [0.25, 0.3) is 0 Å². The van der Waals surface area contributed by atoms with Gasteiger partial charge in [-0.25, -0.2) is 8.42 Å². The van der Waals surface area contributed by atoms with Crippen molar-refractivity contribution in [2.45, 2.75) is 33.7 Å². The summed E-state index contributed by atoms with van der Waals surface area (Å²) in [5.74, 6) is -0.371. The molecule has 0 fully saturated rings. The Bertz CT molecular complexity index is 871. The summed E-state index contributed by atoms with van der Waals surface area (Å²) in [5, 5.41) is 2.87. The first-order valence-corrected chi connectivity index (χ1v) is 9.89. The van der Waals surface area contributed by atoms with Crippen molar-refractivity contribution in [3.63, 3.8) is 0 Å². The van der Waals surface area contributed by atoms with Crippen molar-refractivity contribution in [1.29, 1.82) is 0 Å². The van der Waals surface area contributed by atoms with E-state index >= 15 is 0 Å². The molecule has 0 bridgehead atoms. The first-order chi connectivity index (χ1) is 11.6. The topological polar surface area (TPSA) is 66.5 Å². The minimum Gasteiger partial charge on any atom is -0.324 e. The standard InChI is InChI=1S/C19H24N2O3S/c1-13-8-6-11-17(12-13)21(25(5,23)24)16(4)19(22)20-18-14(2)9-7-10-15(18)3/h6-12,16H,1-5H3,(H,20,22)/t16-/m1/s1. The van der Waals surface area contributed by atoms with Crippen molar-refractivity contribution >= 4 is 27.3 Å². The largest absolute Gasteiger partial charge is 0.324 e. The van der Waals surface area contributed by atoms with Crippen molar-refractivity contribution < 1.29 is 13.2 Å². The minimum absolute atomic E-state index is 0.371. The van der Waals surface area contributed by atoms with Gasteiger partial charge in [-0.05, 0) is 56.5 Å². The summed E-state index contributed by atoms with van der Waals surface area (Å²) in [4.78, 5) is 12.7. The molecule has 0 radical (unpaired) electrons. The molecule has 0 heterocycles. The van der Waals surface area contributed by atoms with Gasteiger partial charge >= 0.3 is 0 Å². The van der Waals surface area contributed by atoms with Crippen molar-refractivity contribution in [2.24, 2.45) is 0 Å². The molecule has 5 nitrogen and oxygen atoms in total. The van der Waals surface area contributed by atoms with E-state index in [1.54, 1.807) is 25.1 Å². The molecule has 0 spiro atoms. The van der Waals surface area contributed by atoms with E-state index in [1.165, 1.54) is 0 Å². The van der Waals surface area contributed by atoms with E-state index in [0.29, 0.717) is 5.69 Å². The number of aryl methyl sites for hydroxylation is 3. The molecule has 2 rings (SSSR count). The summed E-state index contributed by atoms with van der Waals surface area (Å²) >= 11 is 0. The fourth-order valence-corrected chi connectivity index (χ4v) is 3.98. The highest BCUT2D eigenvalue weighted by Crippen LogP contribution is 2.24. The quantitative estimate of drug-likeness (QED) is 0.888. The average Bonchev–Trinajstić information content (AvgIpc) is 2.49. The molecule has 1 atom stereocenters. The van der Waals surface area contributed by atoms with Gasteiger partial charge in [-0.2, -0.15) is 0 Å². The minimum atomic E-state index is -3.62. The Balaban J connectivity index is 2.37. The number of hydrogen-bond donors (Lipinski definition) is 1. The van der Waals surface area contributed by atoms with Crippen LogP contribution >= 0.6 is 0 Å². The van der Waals surface area contributed by atoms with Crippen LogP contribution in [0.4, 0.5) is 11.4 Å². The van der Waals surface area contributed by atoms with Crippen LogP contribution in [0.2, 0.25) is 0 Å². The lowest BCUT2D eigenvalue weighted by Crippen LogP contribution is -2.45. The summed E-state index contributed by atoms with van der Waals surface area (Å²) in [6, 6.07) is 11.9. The van der Waals surface area contributed by atoms with Crippen LogP contribution in [0, 0.1) is 20.8 Å². The van der Waals surface area contributed by atoms with E-state index in [0.717, 1.165) is 32.9 Å². The summed E-state index contributed by atoms with van der Waals surface area (Å²) < 4.78 is 25.8. The van der Waals surface area contributed by atoms with E-state index in [1.807, 2.05) is 45.0 Å². The van der Waals surface area contributed by atoms with Gasteiger partial charge in [0.1, 0.15) is 6.04 Å². The lowest BCUT2D eigenvalue weighted by molar-refractivity contribution is -0.116. The second-order valence-corrected chi connectivity index (χ2v) is 8.19. The Kier molecular flexibility index (Phi) is 5.52. The van der Waals surface area contributed by atoms with Gasteiger partial charge in [-0.1, -0.05) is 30.3 Å². The summed E-state index contributed by atoms with van der Waals surface area (Å²) in [6.45, 7) is 7.28. The van der Waals surface area contributed by atoms with Crippen LogP contribution in [0.3, 0.4) is 0 Å². The SMILES string of the molecule is Cc1cccc(N([C@H](C)C(=O)Nc2c(C)cccc2C)S(C)(=O)=O)c1. The Morgan fingerprint density at radius 1 is 1.04 bits per heavy atom. The summed E-state index contributed by atoms with van der Waals surface area (Å²) in [5.41, 5.74) is 3.99. The molecule has 0 aliphatic heterocycles. The van der Waals surface area contributed by atoms with E-state index in [4.69, 9.17) is 0 Å². The highest BCUT2D eigenvalue weighted by Gasteiger charge is 2.29. The van der Waals surface area contributed by atoms with Crippen molar-refractivity contribution in [3.8, 4) is 0 Å². The normalized spacial score (nSPS) is 12.5. The number of benzene rings is 2. The molecule has 0 aliphatic rings. The number of nitrogens with one attached hydrogen (secondary N) is 1. The third-order valence-corrected chi connectivity index (χ3v) is 5.32. The zero-order chi connectivity index (χ0) is 18.8. The maximum absolute atomic E-state index is 12.7. The predicted molar refractivity (Wildman–Crippen MR) is 103 cm³/mol. The van der Waals surface area contributed by atoms with Crippen molar-refractivity contribution in [1.82, 2.24) is 0 Å². The van der Waals surface area contributed by atoms with Gasteiger partial charge in [0.2, 0.25) is 15.9 Å². The average molecular weight is 360 g/mol. The third-order valence-electron chi connectivity index (χ3n) is 4.07. The van der Waals surface area contributed by atoms with Crippen LogP contribution in [0.25, 0.3) is 0 Å². The van der Waals surface area contributed by atoms with E-state index in [9.17, 15) is 13.2 Å². The van der Waals surface area contributed by atoms with Gasteiger partial charge in [0.15, 0.2) is 0 Å². The van der Waals surface area contributed by atoms with Crippen LogP contribution in [0.1, 0.15) is 23.6 Å². The number of nitrogens with zero attached hydrogens (tertiary/aromatic N) is 1. The second-order valence-electron chi connectivity index (χ2n) is 6.33. The fourth-order valence-electron chi connectivity index (χ4n) is 2.81. The summed E-state index contributed by atoms with van der Waals surface area (Å²) in [6.07, 6.45) is 1.11. The van der Waals surface area contributed by atoms with Gasteiger partial charge in [-0.3, -0.25) is 9.10 Å². The van der Waals surface area contributed by atoms with Crippen LogP contribution in [-0.4, -0.2) is 26.6 Å². The number of anilines is 2. The molecule has 1 N–H and O–H groups in total. The maximum Gasteiger partial charge on any atom is 0.248 e. The number of rotatable bonds is 5. The molecular weight excluding hydrogens is 336 g/mol. The first kappa shape index (κ1) is 19.0. The lowest BCUT2D eigenvalue weighted by Gasteiger charge is -2.28. The van der Waals surface area contributed by atoms with Crippen LogP contribution in [0.15, 0.2) is 42.5 Å². The number of sulfonamides is 1. The smallest absolute Gasteiger partial charge is 0.248 e. The van der Waals surface area contributed by atoms with Crippen LogP contribution in [0.5, 0.6) is 0 Å².